The molecule has 3 aliphatic heterocycles. The highest BCUT2D eigenvalue weighted by Crippen LogP contribution is 2.25. The third-order valence-electron chi connectivity index (χ3n) is 5.08. The molecular formula is C15H27N3O2. The van der Waals surface area contributed by atoms with E-state index in [1.54, 1.807) is 0 Å². The monoisotopic (exact) mass is 281 g/mol. The van der Waals surface area contributed by atoms with Gasteiger partial charge in [0.25, 0.3) is 5.91 Å². The van der Waals surface area contributed by atoms with Crippen LogP contribution in [0.4, 0.5) is 0 Å². The number of ether oxygens (including phenoxy) is 1. The minimum atomic E-state index is -0.230. The van der Waals surface area contributed by atoms with E-state index in [-0.39, 0.29) is 18.1 Å². The summed E-state index contributed by atoms with van der Waals surface area (Å²) in [6.45, 7) is 4.83. The van der Waals surface area contributed by atoms with Crippen molar-refractivity contribution in [2.24, 2.45) is 5.73 Å². The molecule has 20 heavy (non-hydrogen) atoms. The van der Waals surface area contributed by atoms with Crippen molar-refractivity contribution >= 4 is 5.91 Å². The van der Waals surface area contributed by atoms with Gasteiger partial charge in [-0.3, -0.25) is 4.79 Å². The molecule has 3 fully saturated rings. The molecular weight excluding hydrogens is 254 g/mol. The van der Waals surface area contributed by atoms with Gasteiger partial charge in [-0.15, -0.1) is 0 Å². The van der Waals surface area contributed by atoms with Crippen LogP contribution < -0.4 is 5.73 Å². The van der Waals surface area contributed by atoms with Crippen LogP contribution in [0.15, 0.2) is 0 Å². The molecule has 3 rings (SSSR count). The molecule has 5 nitrogen and oxygen atoms in total. The van der Waals surface area contributed by atoms with Gasteiger partial charge in [0.1, 0.15) is 6.10 Å². The Hall–Kier alpha value is -0.650. The second kappa shape index (κ2) is 6.41. The summed E-state index contributed by atoms with van der Waals surface area (Å²) < 4.78 is 5.73. The lowest BCUT2D eigenvalue weighted by Gasteiger charge is -2.37. The van der Waals surface area contributed by atoms with Gasteiger partial charge in [0.05, 0.1) is 6.10 Å². The second-order valence-electron chi connectivity index (χ2n) is 6.36. The van der Waals surface area contributed by atoms with Crippen LogP contribution in [0.2, 0.25) is 0 Å². The number of nitrogens with two attached hydrogens (primary N) is 1. The summed E-state index contributed by atoms with van der Waals surface area (Å²) in [5.41, 5.74) is 5.61. The van der Waals surface area contributed by atoms with E-state index in [1.807, 2.05) is 4.90 Å². The molecule has 2 unspecified atom stereocenters. The van der Waals surface area contributed by atoms with Crippen molar-refractivity contribution in [1.82, 2.24) is 9.80 Å². The number of nitrogens with zero attached hydrogens (tertiary/aromatic N) is 2. The van der Waals surface area contributed by atoms with Gasteiger partial charge in [-0.25, -0.2) is 0 Å². The molecule has 0 aromatic rings. The lowest BCUT2D eigenvalue weighted by Crippen LogP contribution is -2.48. The standard InChI is InChI=1S/C15H27N3O2/c16-11-13-3-4-14(20-13)15(19)18-9-5-12(6-10-18)17-7-1-2-8-17/h12-14H,1-11,16H2. The molecule has 1 amide bonds. The zero-order valence-electron chi connectivity index (χ0n) is 12.3. The van der Waals surface area contributed by atoms with Gasteiger partial charge in [-0.2, -0.15) is 0 Å². The lowest BCUT2D eigenvalue weighted by molar-refractivity contribution is -0.144. The first-order chi connectivity index (χ1) is 9.78. The minimum absolute atomic E-state index is 0.0890. The van der Waals surface area contributed by atoms with Crippen molar-refractivity contribution in [2.45, 2.75) is 56.8 Å². The fourth-order valence-corrected chi connectivity index (χ4v) is 3.82. The molecule has 114 valence electrons. The molecule has 2 N–H and O–H groups in total. The SMILES string of the molecule is NCC1CCC(C(=O)N2CCC(N3CCCC3)CC2)O1. The molecule has 3 saturated heterocycles. The Morgan fingerprint density at radius 3 is 2.35 bits per heavy atom. The second-order valence-corrected chi connectivity index (χ2v) is 6.36. The van der Waals surface area contributed by atoms with Gasteiger partial charge in [0.2, 0.25) is 0 Å². The zero-order valence-corrected chi connectivity index (χ0v) is 12.3. The Balaban J connectivity index is 1.46. The number of rotatable bonds is 3. The van der Waals surface area contributed by atoms with E-state index in [1.165, 1.54) is 25.9 Å². The highest BCUT2D eigenvalue weighted by atomic mass is 16.5. The van der Waals surface area contributed by atoms with Gasteiger partial charge < -0.3 is 20.3 Å². The summed E-state index contributed by atoms with van der Waals surface area (Å²) in [5, 5.41) is 0. The van der Waals surface area contributed by atoms with Crippen LogP contribution in [0.5, 0.6) is 0 Å². The molecule has 0 aliphatic carbocycles. The van der Waals surface area contributed by atoms with Gasteiger partial charge in [-0.05, 0) is 51.6 Å². The van der Waals surface area contributed by atoms with Crippen LogP contribution in [-0.2, 0) is 9.53 Å². The minimum Gasteiger partial charge on any atom is -0.364 e. The fourth-order valence-electron chi connectivity index (χ4n) is 3.82. The first-order valence-corrected chi connectivity index (χ1v) is 8.16. The highest BCUT2D eigenvalue weighted by Gasteiger charge is 2.35. The first-order valence-electron chi connectivity index (χ1n) is 8.16. The summed E-state index contributed by atoms with van der Waals surface area (Å²) in [7, 11) is 0. The Morgan fingerprint density at radius 2 is 1.75 bits per heavy atom. The van der Waals surface area contributed by atoms with Gasteiger partial charge >= 0.3 is 0 Å². The average molecular weight is 281 g/mol. The molecule has 0 spiro atoms. The number of hydrogen-bond donors (Lipinski definition) is 1. The van der Waals surface area contributed by atoms with E-state index in [4.69, 9.17) is 10.5 Å². The van der Waals surface area contributed by atoms with E-state index in [9.17, 15) is 4.79 Å². The Labute approximate surface area is 121 Å². The maximum Gasteiger partial charge on any atom is 0.251 e. The smallest absolute Gasteiger partial charge is 0.251 e. The molecule has 3 heterocycles. The number of likely N-dealkylation sites (tertiary alicyclic amines) is 2. The van der Waals surface area contributed by atoms with Crippen molar-refractivity contribution in [2.75, 3.05) is 32.7 Å². The lowest BCUT2D eigenvalue weighted by atomic mass is 10.0. The van der Waals surface area contributed by atoms with Crippen LogP contribution in [0.3, 0.4) is 0 Å². The third kappa shape index (κ3) is 3.00. The van der Waals surface area contributed by atoms with Crippen molar-refractivity contribution in [3.05, 3.63) is 0 Å². The Kier molecular flexibility index (Phi) is 4.58. The van der Waals surface area contributed by atoms with E-state index >= 15 is 0 Å². The molecule has 0 bridgehead atoms. The fraction of sp³-hybridized carbons (Fsp3) is 0.933. The summed E-state index contributed by atoms with van der Waals surface area (Å²) in [5.74, 6) is 0.195. The van der Waals surface area contributed by atoms with E-state index in [0.29, 0.717) is 12.6 Å². The molecule has 2 atom stereocenters. The van der Waals surface area contributed by atoms with E-state index in [0.717, 1.165) is 38.8 Å². The van der Waals surface area contributed by atoms with Crippen molar-refractivity contribution in [3.8, 4) is 0 Å². The number of carbonyl (C=O) groups excluding carboxylic acids is 1. The Morgan fingerprint density at radius 1 is 1.05 bits per heavy atom. The first kappa shape index (κ1) is 14.3. The third-order valence-corrected chi connectivity index (χ3v) is 5.08. The number of amides is 1. The summed E-state index contributed by atoms with van der Waals surface area (Å²) in [6.07, 6.45) is 6.56. The summed E-state index contributed by atoms with van der Waals surface area (Å²) >= 11 is 0. The normalized spacial score (nSPS) is 33.0. The van der Waals surface area contributed by atoms with Crippen molar-refractivity contribution < 1.29 is 9.53 Å². The van der Waals surface area contributed by atoms with Crippen LogP contribution in [0.25, 0.3) is 0 Å². The molecule has 0 aromatic heterocycles. The predicted molar refractivity (Wildman–Crippen MR) is 77.4 cm³/mol. The summed E-state index contributed by atoms with van der Waals surface area (Å²) in [4.78, 5) is 17.1. The van der Waals surface area contributed by atoms with Crippen molar-refractivity contribution in [3.63, 3.8) is 0 Å². The average Bonchev–Trinajstić information content (AvgIpc) is 3.18. The summed E-state index contributed by atoms with van der Waals surface area (Å²) in [6, 6.07) is 0.697. The van der Waals surface area contributed by atoms with E-state index < -0.39 is 0 Å². The van der Waals surface area contributed by atoms with Crippen molar-refractivity contribution in [1.29, 1.82) is 0 Å². The molecule has 5 heteroatoms. The van der Waals surface area contributed by atoms with Gasteiger partial charge in [0, 0.05) is 25.7 Å². The quantitative estimate of drug-likeness (QED) is 0.822. The molecule has 0 aromatic carbocycles. The molecule has 3 aliphatic rings. The number of piperidine rings is 1. The number of carbonyl (C=O) groups is 1. The highest BCUT2D eigenvalue weighted by molar-refractivity contribution is 5.81. The maximum absolute atomic E-state index is 12.4. The zero-order chi connectivity index (χ0) is 13.9. The predicted octanol–water partition coefficient (Wildman–Crippen LogP) is 0.580. The maximum atomic E-state index is 12.4. The molecule has 0 saturated carbocycles. The van der Waals surface area contributed by atoms with Gasteiger partial charge in [0.15, 0.2) is 0 Å². The Bertz CT molecular complexity index is 336. The van der Waals surface area contributed by atoms with Crippen LogP contribution in [-0.4, -0.2) is 66.7 Å². The van der Waals surface area contributed by atoms with Gasteiger partial charge in [-0.1, -0.05) is 0 Å². The molecule has 0 radical (unpaired) electrons. The van der Waals surface area contributed by atoms with Crippen LogP contribution >= 0.6 is 0 Å². The van der Waals surface area contributed by atoms with E-state index in [2.05, 4.69) is 4.90 Å². The topological polar surface area (TPSA) is 58.8 Å². The van der Waals surface area contributed by atoms with Crippen LogP contribution in [0, 0.1) is 0 Å². The van der Waals surface area contributed by atoms with Crippen LogP contribution in [0.1, 0.15) is 38.5 Å². The largest absolute Gasteiger partial charge is 0.364 e. The number of hydrogen-bond acceptors (Lipinski definition) is 4.